The molecule has 0 aromatic heterocycles. The summed E-state index contributed by atoms with van der Waals surface area (Å²) >= 11 is 0. The Bertz CT molecular complexity index is 543. The lowest BCUT2D eigenvalue weighted by molar-refractivity contribution is -0.385. The average molecular weight is 294 g/mol. The highest BCUT2D eigenvalue weighted by atomic mass is 16.6. The Morgan fingerprint density at radius 2 is 1.81 bits per heavy atom. The first-order valence-corrected chi connectivity index (χ1v) is 7.10. The Labute approximate surface area is 124 Å². The Hall–Kier alpha value is -2.11. The van der Waals surface area contributed by atoms with Crippen LogP contribution in [0.2, 0.25) is 0 Å². The highest BCUT2D eigenvalue weighted by molar-refractivity contribution is 5.90. The van der Waals surface area contributed by atoms with Crippen LogP contribution in [0.25, 0.3) is 0 Å². The molecule has 21 heavy (non-hydrogen) atoms. The van der Waals surface area contributed by atoms with Crippen molar-refractivity contribution in [1.82, 2.24) is 0 Å². The van der Waals surface area contributed by atoms with E-state index in [1.54, 1.807) is 6.92 Å². The maximum absolute atomic E-state index is 11.2. The van der Waals surface area contributed by atoms with E-state index in [1.807, 2.05) is 20.8 Å². The zero-order chi connectivity index (χ0) is 16.2. The highest BCUT2D eigenvalue weighted by Crippen LogP contribution is 2.32. The number of hydrogen-bond acceptors (Lipinski definition) is 4. The molecule has 0 fully saturated rings. The Balaban J connectivity index is 3.40. The number of carboxylic acids is 1. The molecule has 1 aromatic carbocycles. The molecule has 0 aliphatic rings. The summed E-state index contributed by atoms with van der Waals surface area (Å²) in [5.74, 6) is -1.17. The number of nitrogens with zero attached hydrogens (tertiary/aromatic N) is 1. The smallest absolute Gasteiger partial charge is 0.336 e. The zero-order valence-electron chi connectivity index (χ0n) is 12.9. The summed E-state index contributed by atoms with van der Waals surface area (Å²) < 4.78 is 0. The van der Waals surface area contributed by atoms with Gasteiger partial charge in [0.15, 0.2) is 0 Å². The van der Waals surface area contributed by atoms with Crippen LogP contribution in [0, 0.1) is 17.0 Å². The van der Waals surface area contributed by atoms with Crippen LogP contribution in [-0.4, -0.2) is 21.5 Å². The lowest BCUT2D eigenvalue weighted by Crippen LogP contribution is -2.36. The van der Waals surface area contributed by atoms with E-state index in [-0.39, 0.29) is 16.8 Å². The monoisotopic (exact) mass is 294 g/mol. The summed E-state index contributed by atoms with van der Waals surface area (Å²) in [7, 11) is 0. The van der Waals surface area contributed by atoms with E-state index in [9.17, 15) is 14.9 Å². The standard InChI is InChI=1S/C15H22N2O4/c1-5-15(6-2,7-3)16-12-8-11(14(18)19)9-13(10(12)4)17(20)21/h8-9,16H,5-7H2,1-4H3,(H,18,19). The molecule has 0 heterocycles. The molecule has 0 unspecified atom stereocenters. The number of anilines is 1. The predicted octanol–water partition coefficient (Wildman–Crippen LogP) is 3.98. The largest absolute Gasteiger partial charge is 0.478 e. The van der Waals surface area contributed by atoms with Crippen molar-refractivity contribution in [2.45, 2.75) is 52.5 Å². The third kappa shape index (κ3) is 3.51. The van der Waals surface area contributed by atoms with Crippen molar-refractivity contribution in [2.24, 2.45) is 0 Å². The molecular formula is C15H22N2O4. The van der Waals surface area contributed by atoms with E-state index in [0.717, 1.165) is 25.3 Å². The number of carbonyl (C=O) groups is 1. The molecule has 6 nitrogen and oxygen atoms in total. The van der Waals surface area contributed by atoms with Gasteiger partial charge in [0, 0.05) is 22.9 Å². The van der Waals surface area contributed by atoms with Gasteiger partial charge in [-0.3, -0.25) is 10.1 Å². The van der Waals surface area contributed by atoms with Crippen molar-refractivity contribution in [2.75, 3.05) is 5.32 Å². The van der Waals surface area contributed by atoms with Crippen LogP contribution in [0.4, 0.5) is 11.4 Å². The van der Waals surface area contributed by atoms with Gasteiger partial charge in [0.05, 0.1) is 10.5 Å². The van der Waals surface area contributed by atoms with Crippen LogP contribution in [-0.2, 0) is 0 Å². The fourth-order valence-corrected chi connectivity index (χ4v) is 2.44. The first kappa shape index (κ1) is 16.9. The number of aromatic carboxylic acids is 1. The van der Waals surface area contributed by atoms with Crippen LogP contribution >= 0.6 is 0 Å². The molecule has 6 heteroatoms. The van der Waals surface area contributed by atoms with Gasteiger partial charge in [-0.15, -0.1) is 0 Å². The van der Waals surface area contributed by atoms with Gasteiger partial charge in [0.2, 0.25) is 0 Å². The molecule has 0 spiro atoms. The molecule has 2 N–H and O–H groups in total. The summed E-state index contributed by atoms with van der Waals surface area (Å²) in [6.45, 7) is 7.78. The Kier molecular flexibility index (Phi) is 5.29. The van der Waals surface area contributed by atoms with Gasteiger partial charge < -0.3 is 10.4 Å². The van der Waals surface area contributed by atoms with Gasteiger partial charge >= 0.3 is 5.97 Å². The van der Waals surface area contributed by atoms with Crippen molar-refractivity contribution >= 4 is 17.3 Å². The van der Waals surface area contributed by atoms with Crippen molar-refractivity contribution in [1.29, 1.82) is 0 Å². The number of nitrogens with one attached hydrogen (secondary N) is 1. The van der Waals surface area contributed by atoms with E-state index in [2.05, 4.69) is 5.32 Å². The Morgan fingerprint density at radius 3 is 2.19 bits per heavy atom. The van der Waals surface area contributed by atoms with Crippen LogP contribution in [0.15, 0.2) is 12.1 Å². The highest BCUT2D eigenvalue weighted by Gasteiger charge is 2.27. The number of rotatable bonds is 7. The third-order valence-corrected chi connectivity index (χ3v) is 4.25. The van der Waals surface area contributed by atoms with Crippen molar-refractivity contribution in [3.8, 4) is 0 Å². The second-order valence-electron chi connectivity index (χ2n) is 5.20. The normalized spacial score (nSPS) is 11.2. The molecule has 116 valence electrons. The van der Waals surface area contributed by atoms with E-state index in [0.29, 0.717) is 11.3 Å². The summed E-state index contributed by atoms with van der Waals surface area (Å²) in [6, 6.07) is 2.58. The molecule has 0 saturated carbocycles. The lowest BCUT2D eigenvalue weighted by Gasteiger charge is -2.33. The SMILES string of the molecule is CCC(CC)(CC)Nc1cc(C(=O)O)cc([N+](=O)[O-])c1C. The maximum atomic E-state index is 11.2. The summed E-state index contributed by atoms with van der Waals surface area (Å²) in [5.41, 5.74) is 0.550. The zero-order valence-corrected chi connectivity index (χ0v) is 12.9. The molecule has 0 bridgehead atoms. The van der Waals surface area contributed by atoms with E-state index < -0.39 is 10.9 Å². The second kappa shape index (κ2) is 6.56. The van der Waals surface area contributed by atoms with Gasteiger partial charge in [-0.25, -0.2) is 4.79 Å². The number of nitro benzene ring substituents is 1. The van der Waals surface area contributed by atoms with E-state index >= 15 is 0 Å². The molecule has 1 aromatic rings. The quantitative estimate of drug-likeness (QED) is 0.586. The summed E-state index contributed by atoms with van der Waals surface area (Å²) in [6.07, 6.45) is 2.56. The third-order valence-electron chi connectivity index (χ3n) is 4.25. The fourth-order valence-electron chi connectivity index (χ4n) is 2.44. The van der Waals surface area contributed by atoms with Crippen LogP contribution in [0.5, 0.6) is 0 Å². The van der Waals surface area contributed by atoms with Crippen molar-refractivity contribution in [3.63, 3.8) is 0 Å². The summed E-state index contributed by atoms with van der Waals surface area (Å²) in [4.78, 5) is 21.7. The minimum atomic E-state index is -1.17. The number of nitro groups is 1. The van der Waals surface area contributed by atoms with Gasteiger partial charge in [0.25, 0.3) is 5.69 Å². The predicted molar refractivity (Wildman–Crippen MR) is 82.0 cm³/mol. The lowest BCUT2D eigenvalue weighted by atomic mass is 9.89. The van der Waals surface area contributed by atoms with Gasteiger partial charge in [-0.2, -0.15) is 0 Å². The molecule has 0 aliphatic heterocycles. The number of benzene rings is 1. The number of hydrogen-bond donors (Lipinski definition) is 2. The van der Waals surface area contributed by atoms with Crippen LogP contribution < -0.4 is 5.32 Å². The molecule has 1 rings (SSSR count). The number of carboxylic acid groups (broad SMARTS) is 1. The van der Waals surface area contributed by atoms with Crippen LogP contribution in [0.3, 0.4) is 0 Å². The van der Waals surface area contributed by atoms with Crippen molar-refractivity contribution < 1.29 is 14.8 Å². The van der Waals surface area contributed by atoms with E-state index in [1.165, 1.54) is 6.07 Å². The molecular weight excluding hydrogens is 272 g/mol. The minimum absolute atomic E-state index is 0.0768. The first-order valence-electron chi connectivity index (χ1n) is 7.10. The summed E-state index contributed by atoms with van der Waals surface area (Å²) in [5, 5.41) is 23.6. The molecule has 0 saturated heterocycles. The van der Waals surface area contributed by atoms with Gasteiger partial charge in [-0.05, 0) is 32.3 Å². The Morgan fingerprint density at radius 1 is 1.29 bits per heavy atom. The first-order chi connectivity index (χ1) is 9.80. The van der Waals surface area contributed by atoms with Crippen LogP contribution in [0.1, 0.15) is 56.0 Å². The maximum Gasteiger partial charge on any atom is 0.336 e. The van der Waals surface area contributed by atoms with Crippen molar-refractivity contribution in [3.05, 3.63) is 33.4 Å². The minimum Gasteiger partial charge on any atom is -0.478 e. The fraction of sp³-hybridized carbons (Fsp3) is 0.533. The topological polar surface area (TPSA) is 92.5 Å². The molecule has 0 radical (unpaired) electrons. The van der Waals surface area contributed by atoms with Gasteiger partial charge in [-0.1, -0.05) is 20.8 Å². The average Bonchev–Trinajstić information content (AvgIpc) is 2.46. The van der Waals surface area contributed by atoms with E-state index in [4.69, 9.17) is 5.11 Å². The molecule has 0 amide bonds. The molecule has 0 aliphatic carbocycles. The molecule has 0 atom stereocenters. The van der Waals surface area contributed by atoms with Gasteiger partial charge in [0.1, 0.15) is 0 Å². The second-order valence-corrected chi connectivity index (χ2v) is 5.20.